The summed E-state index contributed by atoms with van der Waals surface area (Å²) in [5.74, 6) is 1.85. The Morgan fingerprint density at radius 3 is 3.05 bits per heavy atom. The summed E-state index contributed by atoms with van der Waals surface area (Å²) in [6.07, 6.45) is 2.13. The van der Waals surface area contributed by atoms with Crippen molar-refractivity contribution < 1.29 is 9.47 Å². The van der Waals surface area contributed by atoms with E-state index in [-0.39, 0.29) is 0 Å². The Morgan fingerprint density at radius 2 is 2.10 bits per heavy atom. The van der Waals surface area contributed by atoms with E-state index in [1.54, 1.807) is 0 Å². The topological polar surface area (TPSA) is 30.5 Å². The Kier molecular flexibility index (Phi) is 2.22. The highest BCUT2D eigenvalue weighted by Crippen LogP contribution is 2.52. The van der Waals surface area contributed by atoms with Crippen LogP contribution in [0.2, 0.25) is 0 Å². The van der Waals surface area contributed by atoms with Crippen molar-refractivity contribution in [2.45, 2.75) is 25.8 Å². The maximum atomic E-state index is 5.82. The second-order valence-corrected chi connectivity index (χ2v) is 6.18. The predicted octanol–water partition coefficient (Wildman–Crippen LogP) is 3.13. The zero-order valence-electron chi connectivity index (χ0n) is 12.0. The molecular formula is C18H17NO2. The summed E-state index contributed by atoms with van der Waals surface area (Å²) in [7, 11) is 0. The standard InChI is InChI=1S/C18H17NO2/c1-10-2-3-11-7-14-16-12(4-5-19-14)8-15-18(21-9-20-15)17(16)13(11)6-10/h2-3,6,8,14,19H,4-5,7,9H2,1H3. The van der Waals surface area contributed by atoms with Gasteiger partial charge < -0.3 is 14.8 Å². The molecule has 106 valence electrons. The van der Waals surface area contributed by atoms with Gasteiger partial charge in [-0.1, -0.05) is 23.8 Å². The van der Waals surface area contributed by atoms with Crippen LogP contribution in [0.15, 0.2) is 24.3 Å². The molecule has 1 unspecified atom stereocenters. The minimum atomic E-state index is 0.338. The van der Waals surface area contributed by atoms with Crippen molar-refractivity contribution >= 4 is 0 Å². The fourth-order valence-corrected chi connectivity index (χ4v) is 3.96. The predicted molar refractivity (Wildman–Crippen MR) is 80.9 cm³/mol. The lowest BCUT2D eigenvalue weighted by molar-refractivity contribution is 0.174. The zero-order chi connectivity index (χ0) is 14.0. The molecule has 0 saturated heterocycles. The number of hydrogen-bond acceptors (Lipinski definition) is 3. The molecule has 2 aromatic rings. The lowest BCUT2D eigenvalue weighted by atomic mass is 9.77. The first-order valence-corrected chi connectivity index (χ1v) is 7.60. The Hall–Kier alpha value is -2.00. The maximum Gasteiger partial charge on any atom is 0.231 e. The average Bonchev–Trinajstić information content (AvgIpc) is 2.95. The Labute approximate surface area is 123 Å². The molecule has 21 heavy (non-hydrogen) atoms. The highest BCUT2D eigenvalue weighted by atomic mass is 16.7. The fraction of sp³-hybridized carbons (Fsp3) is 0.333. The summed E-state index contributed by atoms with van der Waals surface area (Å²) in [6.45, 7) is 3.53. The van der Waals surface area contributed by atoms with E-state index >= 15 is 0 Å². The number of aryl methyl sites for hydroxylation is 1. The number of rotatable bonds is 0. The molecule has 3 aliphatic rings. The molecule has 1 N–H and O–H groups in total. The van der Waals surface area contributed by atoms with Crippen LogP contribution in [0.25, 0.3) is 11.1 Å². The molecule has 1 atom stereocenters. The molecular weight excluding hydrogens is 262 g/mol. The van der Waals surface area contributed by atoms with Crippen LogP contribution in [0.3, 0.4) is 0 Å². The van der Waals surface area contributed by atoms with Crippen molar-refractivity contribution in [3.8, 4) is 22.6 Å². The van der Waals surface area contributed by atoms with Gasteiger partial charge >= 0.3 is 0 Å². The van der Waals surface area contributed by atoms with E-state index in [4.69, 9.17) is 9.47 Å². The van der Waals surface area contributed by atoms with Crippen LogP contribution in [0, 0.1) is 6.92 Å². The van der Waals surface area contributed by atoms with Crippen molar-refractivity contribution in [3.05, 3.63) is 46.5 Å². The van der Waals surface area contributed by atoms with E-state index in [0.717, 1.165) is 30.9 Å². The summed E-state index contributed by atoms with van der Waals surface area (Å²) in [5, 5.41) is 3.67. The second-order valence-electron chi connectivity index (χ2n) is 6.18. The van der Waals surface area contributed by atoms with Crippen molar-refractivity contribution in [2.24, 2.45) is 0 Å². The third kappa shape index (κ3) is 1.52. The first-order chi connectivity index (χ1) is 10.3. The van der Waals surface area contributed by atoms with Crippen LogP contribution in [-0.2, 0) is 12.8 Å². The van der Waals surface area contributed by atoms with Gasteiger partial charge in [-0.15, -0.1) is 0 Å². The normalized spacial score (nSPS) is 20.9. The number of ether oxygens (including phenoxy) is 2. The van der Waals surface area contributed by atoms with Crippen LogP contribution in [0.4, 0.5) is 0 Å². The Bertz CT molecular complexity index is 766. The minimum absolute atomic E-state index is 0.338. The molecule has 0 spiro atoms. The van der Waals surface area contributed by atoms with Crippen LogP contribution in [-0.4, -0.2) is 13.3 Å². The molecule has 3 heteroatoms. The molecule has 2 heterocycles. The summed E-state index contributed by atoms with van der Waals surface area (Å²) >= 11 is 0. The smallest absolute Gasteiger partial charge is 0.231 e. The molecule has 0 fully saturated rings. The molecule has 0 radical (unpaired) electrons. The van der Waals surface area contributed by atoms with Gasteiger partial charge in [0.15, 0.2) is 11.5 Å². The quantitative estimate of drug-likeness (QED) is 0.803. The van der Waals surface area contributed by atoms with Crippen LogP contribution in [0.5, 0.6) is 11.5 Å². The Morgan fingerprint density at radius 1 is 1.14 bits per heavy atom. The van der Waals surface area contributed by atoms with Gasteiger partial charge in [0, 0.05) is 11.6 Å². The third-order valence-corrected chi connectivity index (χ3v) is 4.88. The SMILES string of the molecule is Cc1ccc2c(c1)-c1c3c(cc4c1C(C2)NCC4)OCO3. The lowest BCUT2D eigenvalue weighted by Gasteiger charge is -2.35. The van der Waals surface area contributed by atoms with Gasteiger partial charge in [0.05, 0.1) is 0 Å². The average molecular weight is 279 g/mol. The first-order valence-electron chi connectivity index (χ1n) is 7.60. The van der Waals surface area contributed by atoms with Crippen molar-refractivity contribution in [3.63, 3.8) is 0 Å². The van der Waals surface area contributed by atoms with E-state index in [9.17, 15) is 0 Å². The maximum absolute atomic E-state index is 5.82. The van der Waals surface area contributed by atoms with E-state index in [1.807, 2.05) is 0 Å². The summed E-state index contributed by atoms with van der Waals surface area (Å²) < 4.78 is 11.5. The lowest BCUT2D eigenvalue weighted by Crippen LogP contribution is -2.33. The fourth-order valence-electron chi connectivity index (χ4n) is 3.96. The highest BCUT2D eigenvalue weighted by Gasteiger charge is 2.35. The van der Waals surface area contributed by atoms with Crippen LogP contribution in [0.1, 0.15) is 28.3 Å². The molecule has 3 nitrogen and oxygen atoms in total. The summed E-state index contributed by atoms with van der Waals surface area (Å²) in [5.41, 5.74) is 8.15. The second kappa shape index (κ2) is 4.01. The van der Waals surface area contributed by atoms with Crippen molar-refractivity contribution in [1.29, 1.82) is 0 Å². The van der Waals surface area contributed by atoms with E-state index in [1.165, 1.54) is 33.4 Å². The number of benzene rings is 2. The molecule has 0 aromatic heterocycles. The van der Waals surface area contributed by atoms with E-state index in [2.05, 4.69) is 36.5 Å². The molecule has 2 aromatic carbocycles. The molecule has 2 aliphatic heterocycles. The van der Waals surface area contributed by atoms with Gasteiger partial charge in [-0.2, -0.15) is 0 Å². The minimum Gasteiger partial charge on any atom is -0.454 e. The van der Waals surface area contributed by atoms with Crippen LogP contribution < -0.4 is 14.8 Å². The Balaban J connectivity index is 1.89. The molecule has 0 amide bonds. The molecule has 0 saturated carbocycles. The van der Waals surface area contributed by atoms with Gasteiger partial charge in [-0.25, -0.2) is 0 Å². The van der Waals surface area contributed by atoms with Crippen molar-refractivity contribution in [1.82, 2.24) is 5.32 Å². The number of nitrogens with one attached hydrogen (secondary N) is 1. The molecule has 0 bridgehead atoms. The molecule has 1 aliphatic carbocycles. The molecule has 5 rings (SSSR count). The van der Waals surface area contributed by atoms with Gasteiger partial charge in [-0.3, -0.25) is 0 Å². The summed E-state index contributed by atoms with van der Waals surface area (Å²) in [6, 6.07) is 9.36. The van der Waals surface area contributed by atoms with Gasteiger partial charge in [0.25, 0.3) is 0 Å². The van der Waals surface area contributed by atoms with Gasteiger partial charge in [0.1, 0.15) is 0 Å². The van der Waals surface area contributed by atoms with Crippen LogP contribution >= 0.6 is 0 Å². The third-order valence-electron chi connectivity index (χ3n) is 4.88. The van der Waals surface area contributed by atoms with Gasteiger partial charge in [-0.05, 0) is 54.6 Å². The van der Waals surface area contributed by atoms with E-state index < -0.39 is 0 Å². The monoisotopic (exact) mass is 279 g/mol. The number of fused-ring (bicyclic) bond motifs is 4. The number of hydrogen-bond donors (Lipinski definition) is 1. The van der Waals surface area contributed by atoms with Crippen molar-refractivity contribution in [2.75, 3.05) is 13.3 Å². The zero-order valence-corrected chi connectivity index (χ0v) is 12.0. The first kappa shape index (κ1) is 11.6. The van der Waals surface area contributed by atoms with Gasteiger partial charge in [0.2, 0.25) is 6.79 Å². The van der Waals surface area contributed by atoms with E-state index in [0.29, 0.717) is 12.8 Å². The largest absolute Gasteiger partial charge is 0.454 e. The highest BCUT2D eigenvalue weighted by molar-refractivity contribution is 5.84. The summed E-state index contributed by atoms with van der Waals surface area (Å²) in [4.78, 5) is 0.